The van der Waals surface area contributed by atoms with Gasteiger partial charge >= 0.3 is 0 Å². The van der Waals surface area contributed by atoms with Crippen LogP contribution in [0.3, 0.4) is 0 Å². The third-order valence-corrected chi connectivity index (χ3v) is 4.76. The van der Waals surface area contributed by atoms with Gasteiger partial charge < -0.3 is 0 Å². The molecule has 0 bridgehead atoms. The first-order valence-corrected chi connectivity index (χ1v) is 7.24. The van der Waals surface area contributed by atoms with E-state index in [1.165, 1.54) is 31.3 Å². The SMILES string of the molecule is CN(c1ccc(F)c(Cl)c1)S(=O)(=O)c1ccccc1. The summed E-state index contributed by atoms with van der Waals surface area (Å²) in [6.07, 6.45) is 0. The maximum atomic E-state index is 13.1. The van der Waals surface area contributed by atoms with Crippen LogP contribution in [0.4, 0.5) is 10.1 Å². The van der Waals surface area contributed by atoms with Gasteiger partial charge in [-0.3, -0.25) is 4.31 Å². The van der Waals surface area contributed by atoms with Gasteiger partial charge in [-0.15, -0.1) is 0 Å². The average molecular weight is 300 g/mol. The van der Waals surface area contributed by atoms with Gasteiger partial charge in [0.1, 0.15) is 5.82 Å². The number of sulfonamides is 1. The van der Waals surface area contributed by atoms with E-state index in [0.29, 0.717) is 5.69 Å². The van der Waals surface area contributed by atoms with Crippen molar-refractivity contribution >= 4 is 27.3 Å². The van der Waals surface area contributed by atoms with Gasteiger partial charge in [0.2, 0.25) is 0 Å². The standard InChI is InChI=1S/C13H11ClFNO2S/c1-16(10-7-8-13(15)12(14)9-10)19(17,18)11-5-3-2-4-6-11/h2-9H,1H3. The maximum Gasteiger partial charge on any atom is 0.264 e. The Morgan fingerprint density at radius 1 is 1.11 bits per heavy atom. The first-order chi connectivity index (χ1) is 8.93. The number of nitrogens with zero attached hydrogens (tertiary/aromatic N) is 1. The van der Waals surface area contributed by atoms with Crippen LogP contribution in [0.1, 0.15) is 0 Å². The van der Waals surface area contributed by atoms with Gasteiger partial charge in [0, 0.05) is 7.05 Å². The fourth-order valence-electron chi connectivity index (χ4n) is 1.57. The van der Waals surface area contributed by atoms with Gasteiger partial charge in [0.25, 0.3) is 10.0 Å². The second-order valence-corrected chi connectivity index (χ2v) is 6.26. The molecule has 100 valence electrons. The number of halogens is 2. The van der Waals surface area contributed by atoms with Crippen molar-refractivity contribution in [3.05, 3.63) is 59.4 Å². The topological polar surface area (TPSA) is 37.4 Å². The van der Waals surface area contributed by atoms with Crippen molar-refractivity contribution in [2.24, 2.45) is 0 Å². The summed E-state index contributed by atoms with van der Waals surface area (Å²) < 4.78 is 38.8. The minimum atomic E-state index is -3.67. The lowest BCUT2D eigenvalue weighted by Crippen LogP contribution is -2.26. The molecule has 2 aromatic carbocycles. The van der Waals surface area contributed by atoms with Crippen molar-refractivity contribution in [2.75, 3.05) is 11.4 Å². The van der Waals surface area contributed by atoms with Gasteiger partial charge in [0.15, 0.2) is 0 Å². The average Bonchev–Trinajstić information content (AvgIpc) is 2.42. The molecule has 3 nitrogen and oxygen atoms in total. The first-order valence-electron chi connectivity index (χ1n) is 5.42. The molecule has 0 aliphatic heterocycles. The molecule has 0 aromatic heterocycles. The summed E-state index contributed by atoms with van der Waals surface area (Å²) in [4.78, 5) is 0.165. The van der Waals surface area contributed by atoms with Gasteiger partial charge in [-0.05, 0) is 30.3 Å². The molecule has 19 heavy (non-hydrogen) atoms. The first kappa shape index (κ1) is 13.8. The van der Waals surface area contributed by atoms with Crippen LogP contribution in [-0.2, 0) is 10.0 Å². The fourth-order valence-corrected chi connectivity index (χ4v) is 2.95. The Bertz CT molecular complexity index is 689. The van der Waals surface area contributed by atoms with Gasteiger partial charge in [-0.1, -0.05) is 29.8 Å². The van der Waals surface area contributed by atoms with Crippen LogP contribution in [0.25, 0.3) is 0 Å². The van der Waals surface area contributed by atoms with Crippen LogP contribution >= 0.6 is 11.6 Å². The predicted molar refractivity (Wildman–Crippen MR) is 73.4 cm³/mol. The van der Waals surface area contributed by atoms with E-state index in [1.807, 2.05) is 0 Å². The van der Waals surface area contributed by atoms with Crippen LogP contribution in [0.15, 0.2) is 53.4 Å². The van der Waals surface area contributed by atoms with Gasteiger partial charge in [-0.2, -0.15) is 0 Å². The Morgan fingerprint density at radius 3 is 2.32 bits per heavy atom. The zero-order chi connectivity index (χ0) is 14.0. The summed E-state index contributed by atoms with van der Waals surface area (Å²) in [7, 11) is -2.27. The van der Waals surface area contributed by atoms with Crippen LogP contribution in [0, 0.1) is 5.82 Å². The predicted octanol–water partition coefficient (Wildman–Crippen LogP) is 3.30. The molecule has 0 fully saturated rings. The molecule has 2 rings (SSSR count). The zero-order valence-electron chi connectivity index (χ0n) is 10.0. The second kappa shape index (κ2) is 5.19. The highest BCUT2D eigenvalue weighted by Gasteiger charge is 2.21. The number of anilines is 1. The van der Waals surface area contributed by atoms with Crippen molar-refractivity contribution < 1.29 is 12.8 Å². The normalized spacial score (nSPS) is 11.3. The van der Waals surface area contributed by atoms with E-state index < -0.39 is 15.8 Å². The molecule has 0 heterocycles. The summed E-state index contributed by atoms with van der Waals surface area (Å²) in [5.74, 6) is -0.587. The monoisotopic (exact) mass is 299 g/mol. The van der Waals surface area contributed by atoms with Crippen LogP contribution < -0.4 is 4.31 Å². The Labute approximate surface area is 116 Å². The number of hydrogen-bond donors (Lipinski definition) is 0. The summed E-state index contributed by atoms with van der Waals surface area (Å²) >= 11 is 5.66. The molecular weight excluding hydrogens is 289 g/mol. The van der Waals surface area contributed by atoms with E-state index in [4.69, 9.17) is 11.6 Å². The third-order valence-electron chi connectivity index (χ3n) is 2.67. The molecule has 0 aliphatic carbocycles. The molecule has 0 atom stereocenters. The minimum absolute atomic E-state index is 0.118. The van der Waals surface area contributed by atoms with Gasteiger partial charge in [-0.25, -0.2) is 12.8 Å². The molecule has 0 unspecified atom stereocenters. The zero-order valence-corrected chi connectivity index (χ0v) is 11.6. The summed E-state index contributed by atoms with van der Waals surface area (Å²) in [6.45, 7) is 0. The van der Waals surface area contributed by atoms with Crippen molar-refractivity contribution in [1.82, 2.24) is 0 Å². The maximum absolute atomic E-state index is 13.1. The van der Waals surface area contributed by atoms with Crippen molar-refractivity contribution in [2.45, 2.75) is 4.90 Å². The molecule has 0 amide bonds. The summed E-state index contributed by atoms with van der Waals surface area (Å²) in [5, 5.41) is -0.118. The Hall–Kier alpha value is -1.59. The van der Waals surface area contributed by atoms with E-state index in [-0.39, 0.29) is 9.92 Å². The largest absolute Gasteiger partial charge is 0.269 e. The number of rotatable bonds is 3. The lowest BCUT2D eigenvalue weighted by atomic mass is 10.3. The molecule has 2 aromatic rings. The Balaban J connectivity index is 2.44. The fraction of sp³-hybridized carbons (Fsp3) is 0.0769. The highest BCUT2D eigenvalue weighted by molar-refractivity contribution is 7.92. The van der Waals surface area contributed by atoms with Crippen LogP contribution in [0.2, 0.25) is 5.02 Å². The molecule has 0 N–H and O–H groups in total. The molecule has 0 spiro atoms. The number of benzene rings is 2. The van der Waals surface area contributed by atoms with Crippen molar-refractivity contribution in [3.63, 3.8) is 0 Å². The second-order valence-electron chi connectivity index (χ2n) is 3.88. The smallest absolute Gasteiger partial charge is 0.264 e. The van der Waals surface area contributed by atoms with Crippen LogP contribution in [-0.4, -0.2) is 15.5 Å². The lowest BCUT2D eigenvalue weighted by molar-refractivity contribution is 0.594. The van der Waals surface area contributed by atoms with Crippen molar-refractivity contribution in [1.29, 1.82) is 0 Å². The molecule has 0 radical (unpaired) electrons. The quantitative estimate of drug-likeness (QED) is 0.872. The van der Waals surface area contributed by atoms with E-state index >= 15 is 0 Å². The number of hydrogen-bond acceptors (Lipinski definition) is 2. The Kier molecular flexibility index (Phi) is 3.78. The molecule has 6 heteroatoms. The summed E-state index contributed by atoms with van der Waals surface area (Å²) in [6, 6.07) is 11.8. The van der Waals surface area contributed by atoms with E-state index in [1.54, 1.807) is 18.2 Å². The molecule has 0 saturated carbocycles. The van der Waals surface area contributed by atoms with E-state index in [9.17, 15) is 12.8 Å². The van der Waals surface area contributed by atoms with E-state index in [0.717, 1.165) is 10.4 Å². The third kappa shape index (κ3) is 2.72. The summed E-state index contributed by atoms with van der Waals surface area (Å²) in [5.41, 5.74) is 0.301. The van der Waals surface area contributed by atoms with Gasteiger partial charge in [0.05, 0.1) is 15.6 Å². The lowest BCUT2D eigenvalue weighted by Gasteiger charge is -2.19. The Morgan fingerprint density at radius 2 is 1.74 bits per heavy atom. The molecular formula is C13H11ClFNO2S. The van der Waals surface area contributed by atoms with E-state index in [2.05, 4.69) is 0 Å². The molecule has 0 aliphatic rings. The molecule has 0 saturated heterocycles. The highest BCUT2D eigenvalue weighted by Crippen LogP contribution is 2.26. The van der Waals surface area contributed by atoms with Crippen molar-refractivity contribution in [3.8, 4) is 0 Å². The minimum Gasteiger partial charge on any atom is -0.269 e. The van der Waals surface area contributed by atoms with Crippen LogP contribution in [0.5, 0.6) is 0 Å². The highest BCUT2D eigenvalue weighted by atomic mass is 35.5.